The van der Waals surface area contributed by atoms with E-state index >= 15 is 0 Å². The van der Waals surface area contributed by atoms with Crippen molar-refractivity contribution in [2.45, 2.75) is 11.4 Å². The lowest BCUT2D eigenvalue weighted by atomic mass is 10.1. The number of halogens is 3. The number of ether oxygens (including phenoxy) is 1. The molecule has 1 heterocycles. The van der Waals surface area contributed by atoms with E-state index < -0.39 is 21.3 Å². The molecule has 7 nitrogen and oxygen atoms in total. The number of hydrogen-bond donors (Lipinski definition) is 0. The molecular weight excluding hydrogens is 569 g/mol. The highest BCUT2D eigenvalue weighted by Crippen LogP contribution is 2.40. The van der Waals surface area contributed by atoms with Gasteiger partial charge in [-0.1, -0.05) is 53.0 Å². The number of rotatable bonds is 7. The number of benzene rings is 3. The Morgan fingerprint density at radius 3 is 2.33 bits per heavy atom. The number of thioether (sulfide) groups is 1. The van der Waals surface area contributed by atoms with E-state index in [0.717, 1.165) is 16.7 Å². The molecule has 1 saturated heterocycles. The van der Waals surface area contributed by atoms with E-state index in [1.54, 1.807) is 24.3 Å². The van der Waals surface area contributed by atoms with Crippen LogP contribution in [0.1, 0.15) is 11.1 Å². The average Bonchev–Trinajstić information content (AvgIpc) is 3.09. The summed E-state index contributed by atoms with van der Waals surface area (Å²) in [6.45, 7) is 0.0289. The van der Waals surface area contributed by atoms with Crippen molar-refractivity contribution in [1.29, 1.82) is 0 Å². The van der Waals surface area contributed by atoms with Crippen LogP contribution in [0.25, 0.3) is 6.08 Å². The SMILES string of the molecule is COc1cc(/C=C2\SC(=O)N(Cc3ccccc3Cl)C2=O)cc(Cl)c1OS(=O)(=O)c1ccc(Cl)cc1. The van der Waals surface area contributed by atoms with Crippen molar-refractivity contribution >= 4 is 73.9 Å². The third-order valence-electron chi connectivity index (χ3n) is 5.00. The number of amides is 2. The summed E-state index contributed by atoms with van der Waals surface area (Å²) in [4.78, 5) is 26.5. The molecule has 0 atom stereocenters. The van der Waals surface area contributed by atoms with Crippen LogP contribution in [0.3, 0.4) is 0 Å². The van der Waals surface area contributed by atoms with Gasteiger partial charge in [-0.3, -0.25) is 14.5 Å². The van der Waals surface area contributed by atoms with Crippen LogP contribution in [0.15, 0.2) is 70.5 Å². The average molecular weight is 585 g/mol. The maximum absolute atomic E-state index is 12.9. The largest absolute Gasteiger partial charge is 0.493 e. The van der Waals surface area contributed by atoms with Gasteiger partial charge < -0.3 is 8.92 Å². The smallest absolute Gasteiger partial charge is 0.339 e. The molecule has 1 aliphatic rings. The normalized spacial score (nSPS) is 15.0. The van der Waals surface area contributed by atoms with Gasteiger partial charge in [0, 0.05) is 10.0 Å². The molecule has 186 valence electrons. The number of hydrogen-bond acceptors (Lipinski definition) is 7. The Kier molecular flexibility index (Phi) is 7.87. The Labute approximate surface area is 226 Å². The maximum atomic E-state index is 12.9. The quantitative estimate of drug-likeness (QED) is 0.227. The summed E-state index contributed by atoms with van der Waals surface area (Å²) in [5.41, 5.74) is 1.03. The zero-order valence-corrected chi connectivity index (χ0v) is 22.3. The second-order valence-corrected chi connectivity index (χ2v) is 11.2. The summed E-state index contributed by atoms with van der Waals surface area (Å²) in [7, 11) is -2.92. The first kappa shape index (κ1) is 26.4. The lowest BCUT2D eigenvalue weighted by molar-refractivity contribution is -0.123. The lowest BCUT2D eigenvalue weighted by Gasteiger charge is -2.14. The maximum Gasteiger partial charge on any atom is 0.339 e. The zero-order valence-electron chi connectivity index (χ0n) is 18.4. The predicted molar refractivity (Wildman–Crippen MR) is 140 cm³/mol. The van der Waals surface area contributed by atoms with Gasteiger partial charge in [0.05, 0.1) is 23.6 Å². The van der Waals surface area contributed by atoms with E-state index in [9.17, 15) is 18.0 Å². The second kappa shape index (κ2) is 10.7. The van der Waals surface area contributed by atoms with Gasteiger partial charge in [-0.15, -0.1) is 0 Å². The van der Waals surface area contributed by atoms with E-state index in [1.165, 1.54) is 49.6 Å². The molecule has 0 N–H and O–H groups in total. The van der Waals surface area contributed by atoms with Crippen LogP contribution in [0.5, 0.6) is 11.5 Å². The van der Waals surface area contributed by atoms with Crippen LogP contribution in [-0.4, -0.2) is 31.6 Å². The highest BCUT2D eigenvalue weighted by Gasteiger charge is 2.35. The van der Waals surface area contributed by atoms with Gasteiger partial charge in [-0.2, -0.15) is 8.42 Å². The summed E-state index contributed by atoms with van der Waals surface area (Å²) in [5.74, 6) is -0.703. The minimum atomic E-state index is -4.24. The molecule has 1 aliphatic heterocycles. The third kappa shape index (κ3) is 5.66. The summed E-state index contributed by atoms with van der Waals surface area (Å²) in [5, 5.41) is 0.290. The zero-order chi connectivity index (χ0) is 26.0. The van der Waals surface area contributed by atoms with Crippen LogP contribution in [-0.2, 0) is 21.5 Å². The predicted octanol–water partition coefficient (Wildman–Crippen LogP) is 6.66. The third-order valence-corrected chi connectivity index (χ3v) is 8.05. The summed E-state index contributed by atoms with van der Waals surface area (Å²) in [6.07, 6.45) is 1.46. The lowest BCUT2D eigenvalue weighted by Crippen LogP contribution is -2.27. The molecule has 0 aromatic heterocycles. The topological polar surface area (TPSA) is 90.0 Å². The molecular formula is C24H16Cl3NO6S2. The van der Waals surface area contributed by atoms with E-state index in [4.69, 9.17) is 43.7 Å². The van der Waals surface area contributed by atoms with Crippen LogP contribution >= 0.6 is 46.6 Å². The van der Waals surface area contributed by atoms with Crippen molar-refractivity contribution in [3.8, 4) is 11.5 Å². The van der Waals surface area contributed by atoms with E-state index in [2.05, 4.69) is 0 Å². The van der Waals surface area contributed by atoms with Gasteiger partial charge in [0.2, 0.25) is 5.75 Å². The molecule has 2 amide bonds. The second-order valence-electron chi connectivity index (χ2n) is 7.38. The summed E-state index contributed by atoms with van der Waals surface area (Å²) >= 11 is 19.1. The molecule has 0 spiro atoms. The standard InChI is InChI=1S/C24H16Cl3NO6S2/c1-33-20-11-14(10-19(27)22(20)34-36(31,32)17-8-6-16(25)7-9-17)12-21-23(29)28(24(30)35-21)13-15-4-2-3-5-18(15)26/h2-12H,13H2,1H3/b21-12-. The van der Waals surface area contributed by atoms with Crippen molar-refractivity contribution in [2.75, 3.05) is 7.11 Å². The fourth-order valence-corrected chi connectivity index (χ4v) is 5.67. The van der Waals surface area contributed by atoms with Crippen LogP contribution in [0, 0.1) is 0 Å². The van der Waals surface area contributed by atoms with Crippen LogP contribution in [0.4, 0.5) is 4.79 Å². The molecule has 1 fully saturated rings. The molecule has 36 heavy (non-hydrogen) atoms. The molecule has 0 bridgehead atoms. The van der Waals surface area contributed by atoms with Crippen molar-refractivity contribution < 1.29 is 26.9 Å². The van der Waals surface area contributed by atoms with Crippen molar-refractivity contribution in [1.82, 2.24) is 4.90 Å². The minimum absolute atomic E-state index is 0.0154. The van der Waals surface area contributed by atoms with Crippen molar-refractivity contribution in [3.63, 3.8) is 0 Å². The highest BCUT2D eigenvalue weighted by atomic mass is 35.5. The first-order chi connectivity index (χ1) is 17.1. The first-order valence-corrected chi connectivity index (χ1v) is 13.5. The van der Waals surface area contributed by atoms with Gasteiger partial charge in [0.1, 0.15) is 4.90 Å². The highest BCUT2D eigenvalue weighted by molar-refractivity contribution is 8.18. The number of imide groups is 1. The van der Waals surface area contributed by atoms with Gasteiger partial charge >= 0.3 is 10.1 Å². The van der Waals surface area contributed by atoms with Gasteiger partial charge in [-0.25, -0.2) is 0 Å². The summed E-state index contributed by atoms with van der Waals surface area (Å²) in [6, 6.07) is 15.2. The Bertz CT molecular complexity index is 1490. The van der Waals surface area contributed by atoms with Gasteiger partial charge in [0.15, 0.2) is 5.75 Å². The van der Waals surface area contributed by atoms with Gasteiger partial charge in [0.25, 0.3) is 11.1 Å². The molecule has 12 heteroatoms. The Hall–Kier alpha value is -2.69. The monoisotopic (exact) mass is 583 g/mol. The molecule has 3 aromatic carbocycles. The Morgan fingerprint density at radius 2 is 1.67 bits per heavy atom. The number of carbonyl (C=O) groups excluding carboxylic acids is 2. The minimum Gasteiger partial charge on any atom is -0.493 e. The molecule has 0 radical (unpaired) electrons. The Morgan fingerprint density at radius 1 is 0.972 bits per heavy atom. The molecule has 3 aromatic rings. The fourth-order valence-electron chi connectivity index (χ4n) is 3.25. The number of methoxy groups -OCH3 is 1. The molecule has 0 saturated carbocycles. The number of carbonyl (C=O) groups is 2. The van der Waals surface area contributed by atoms with E-state index in [0.29, 0.717) is 21.2 Å². The van der Waals surface area contributed by atoms with Gasteiger partial charge in [-0.05, 0) is 71.4 Å². The fraction of sp³-hybridized carbons (Fsp3) is 0.0833. The van der Waals surface area contributed by atoms with E-state index in [-0.39, 0.29) is 32.9 Å². The van der Waals surface area contributed by atoms with Crippen LogP contribution in [0.2, 0.25) is 15.1 Å². The Balaban J connectivity index is 1.60. The van der Waals surface area contributed by atoms with Crippen molar-refractivity contribution in [3.05, 3.63) is 91.8 Å². The summed E-state index contributed by atoms with van der Waals surface area (Å²) < 4.78 is 35.9. The van der Waals surface area contributed by atoms with Crippen molar-refractivity contribution in [2.24, 2.45) is 0 Å². The molecule has 0 unspecified atom stereocenters. The number of nitrogens with zero attached hydrogens (tertiary/aromatic N) is 1. The first-order valence-electron chi connectivity index (χ1n) is 10.2. The molecule has 4 rings (SSSR count). The van der Waals surface area contributed by atoms with Crippen LogP contribution < -0.4 is 8.92 Å². The van der Waals surface area contributed by atoms with E-state index in [1.807, 2.05) is 0 Å². The molecule has 0 aliphatic carbocycles.